The fraction of sp³-hybridized carbons (Fsp3) is 0.318. The zero-order valence-corrected chi connectivity index (χ0v) is 19.2. The monoisotopic (exact) mass is 509 g/mol. The number of furan rings is 1. The van der Waals surface area contributed by atoms with Crippen LogP contribution >= 0.6 is 15.9 Å². The number of carboxylic acids is 1. The summed E-state index contributed by atoms with van der Waals surface area (Å²) in [7, 11) is 0. The normalized spacial score (nSPS) is 11.3. The van der Waals surface area contributed by atoms with Crippen LogP contribution in [0.15, 0.2) is 27.1 Å². The van der Waals surface area contributed by atoms with E-state index >= 15 is 0 Å². The summed E-state index contributed by atoms with van der Waals surface area (Å²) in [5.41, 5.74) is 3.31. The second-order valence-corrected chi connectivity index (χ2v) is 7.92. The Morgan fingerprint density at radius 1 is 1.19 bits per heavy atom. The Kier molecular flexibility index (Phi) is 8.01. The van der Waals surface area contributed by atoms with E-state index < -0.39 is 12.3 Å². The van der Waals surface area contributed by atoms with Gasteiger partial charge in [-0.2, -0.15) is 0 Å². The summed E-state index contributed by atoms with van der Waals surface area (Å²) in [4.78, 5) is 10.9. The number of alkyl halides is 3. The molecule has 10 heteroatoms. The summed E-state index contributed by atoms with van der Waals surface area (Å²) in [5, 5.41) is 9.28. The maximum absolute atomic E-state index is 12.7. The molecular formula is C22H20BeBrF3O5. The van der Waals surface area contributed by atoms with E-state index in [1.54, 1.807) is 13.0 Å². The van der Waals surface area contributed by atoms with Crippen molar-refractivity contribution in [2.24, 2.45) is 0 Å². The van der Waals surface area contributed by atoms with Crippen molar-refractivity contribution in [3.8, 4) is 11.5 Å². The van der Waals surface area contributed by atoms with Crippen molar-refractivity contribution in [1.82, 2.24) is 0 Å². The Balaban J connectivity index is 0.00000272. The molecule has 0 radical (unpaired) electrons. The molecule has 168 valence electrons. The Bertz CT molecular complexity index is 1150. The largest absolute Gasteiger partial charge is 2.00 e. The maximum Gasteiger partial charge on any atom is 2.00 e. The van der Waals surface area contributed by atoms with E-state index in [4.69, 9.17) is 14.3 Å². The molecule has 0 spiro atoms. The number of rotatable bonds is 7. The molecule has 1 N–H and O–H groups in total. The quantitative estimate of drug-likeness (QED) is 0.305. The third-order valence-electron chi connectivity index (χ3n) is 4.82. The zero-order valence-electron chi connectivity index (χ0n) is 18.7. The van der Waals surface area contributed by atoms with Crippen LogP contribution < -0.4 is 9.47 Å². The second kappa shape index (κ2) is 9.96. The zero-order chi connectivity index (χ0) is 22.9. The fourth-order valence-corrected chi connectivity index (χ4v) is 3.97. The number of carboxylic acid groups (broad SMARTS) is 1. The first-order valence-corrected chi connectivity index (χ1v) is 10.1. The Morgan fingerprint density at radius 3 is 2.50 bits per heavy atom. The predicted molar refractivity (Wildman–Crippen MR) is 117 cm³/mol. The van der Waals surface area contributed by atoms with Crippen molar-refractivity contribution in [1.29, 1.82) is 0 Å². The molecule has 32 heavy (non-hydrogen) atoms. The van der Waals surface area contributed by atoms with Gasteiger partial charge >= 0.3 is 22.5 Å². The summed E-state index contributed by atoms with van der Waals surface area (Å²) < 4.78 is 54.3. The van der Waals surface area contributed by atoms with E-state index in [0.29, 0.717) is 38.9 Å². The molecule has 1 aromatic heterocycles. The third-order valence-corrected chi connectivity index (χ3v) is 5.41. The molecule has 0 aliphatic heterocycles. The standard InChI is InChI=1S/C22H19BrF3O5.Be.H/c1-11-6-15-7-17(31-22(24,25)26)8-16(21(15)30-11)10-29-20-13(3)12(2)14(9-18(20)23)4-5-19(27)28;;/h7-9H,4-5,10H2,1-3H3,(H,27,28);;/q-1;+2;-1. The molecule has 0 aliphatic carbocycles. The van der Waals surface area contributed by atoms with Crippen molar-refractivity contribution in [2.45, 2.75) is 46.6 Å². The van der Waals surface area contributed by atoms with Crippen LogP contribution in [0.5, 0.6) is 11.5 Å². The van der Waals surface area contributed by atoms with Gasteiger partial charge in [-0.3, -0.25) is 4.79 Å². The Labute approximate surface area is 196 Å². The van der Waals surface area contributed by atoms with Gasteiger partial charge in [0.25, 0.3) is 0 Å². The van der Waals surface area contributed by atoms with E-state index in [1.807, 2.05) is 13.8 Å². The van der Waals surface area contributed by atoms with Gasteiger partial charge in [0.2, 0.25) is 0 Å². The third kappa shape index (κ3) is 6.04. The second-order valence-electron chi connectivity index (χ2n) is 7.07. The minimum atomic E-state index is -4.83. The summed E-state index contributed by atoms with van der Waals surface area (Å²) in [5.74, 6) is -0.328. The number of halogens is 4. The molecule has 0 saturated carbocycles. The van der Waals surface area contributed by atoms with E-state index in [0.717, 1.165) is 16.7 Å². The molecule has 3 aromatic rings. The Morgan fingerprint density at radius 2 is 1.88 bits per heavy atom. The fourth-order valence-electron chi connectivity index (χ4n) is 3.29. The van der Waals surface area contributed by atoms with Gasteiger partial charge < -0.3 is 20.4 Å². The molecule has 0 unspecified atom stereocenters. The molecular weight excluding hydrogens is 490 g/mol. The van der Waals surface area contributed by atoms with E-state index in [-0.39, 0.29) is 30.3 Å². The van der Waals surface area contributed by atoms with Crippen molar-refractivity contribution < 1.29 is 38.4 Å². The maximum atomic E-state index is 12.7. The van der Waals surface area contributed by atoms with Crippen molar-refractivity contribution in [3.05, 3.63) is 56.8 Å². The topological polar surface area (TPSA) is 68.9 Å². The number of carbonyl (C=O) groups is 1. The van der Waals surface area contributed by atoms with E-state index in [9.17, 15) is 18.0 Å². The van der Waals surface area contributed by atoms with E-state index in [1.165, 1.54) is 12.1 Å². The van der Waals surface area contributed by atoms with E-state index in [2.05, 4.69) is 26.7 Å². The van der Waals surface area contributed by atoms with Gasteiger partial charge in [0.1, 0.15) is 12.4 Å². The number of fused-ring (bicyclic) bond motifs is 1. The minimum Gasteiger partial charge on any atom is -1.00 e. The summed E-state index contributed by atoms with van der Waals surface area (Å²) >= 11 is 3.45. The minimum absolute atomic E-state index is 0. The van der Waals surface area contributed by atoms with Gasteiger partial charge in [0.15, 0.2) is 0 Å². The molecule has 0 bridgehead atoms. The SMILES string of the molecule is Cc1[c-]c2cc(OC(F)(F)F)cc(COc3c(Br)cc(CCC(=O)O)c(C)c3C)c2o1.[Be+2].[H-]. The van der Waals surface area contributed by atoms with Crippen LogP contribution in [0, 0.1) is 26.8 Å². The summed E-state index contributed by atoms with van der Waals surface area (Å²) in [6.45, 7) is 5.28. The average molecular weight is 510 g/mol. The van der Waals surface area contributed by atoms with Gasteiger partial charge in [-0.15, -0.1) is 30.7 Å². The van der Waals surface area contributed by atoms with Crippen LogP contribution in [0.3, 0.4) is 0 Å². The number of hydrogen-bond acceptors (Lipinski definition) is 4. The molecule has 0 saturated heterocycles. The summed E-state index contributed by atoms with van der Waals surface area (Å²) in [6.07, 6.45) is -4.45. The van der Waals surface area contributed by atoms with Gasteiger partial charge in [-0.1, -0.05) is 0 Å². The van der Waals surface area contributed by atoms with Gasteiger partial charge in [-0.25, -0.2) is 0 Å². The van der Waals surface area contributed by atoms with Gasteiger partial charge in [0.05, 0.1) is 10.2 Å². The van der Waals surface area contributed by atoms with Gasteiger partial charge in [0, 0.05) is 17.8 Å². The molecule has 3 rings (SSSR count). The molecule has 0 fully saturated rings. The van der Waals surface area contributed by atoms with Crippen LogP contribution in [-0.2, 0) is 17.8 Å². The van der Waals surface area contributed by atoms with Crippen LogP contribution in [0.1, 0.15) is 35.9 Å². The summed E-state index contributed by atoms with van der Waals surface area (Å²) in [6, 6.07) is 7.09. The average Bonchev–Trinajstić information content (AvgIpc) is 3.02. The van der Waals surface area contributed by atoms with Crippen molar-refractivity contribution >= 4 is 43.0 Å². The first kappa shape index (κ1) is 25.7. The molecule has 0 aliphatic rings. The first-order valence-electron chi connectivity index (χ1n) is 9.29. The molecule has 0 atom stereocenters. The number of benzene rings is 2. The number of hydrogen-bond donors (Lipinski definition) is 1. The van der Waals surface area contributed by atoms with Crippen LogP contribution in [0.25, 0.3) is 11.0 Å². The van der Waals surface area contributed by atoms with Crippen LogP contribution in [0.2, 0.25) is 0 Å². The molecule has 0 amide bonds. The Hall–Kier alpha value is -2.51. The molecule has 2 aromatic carbocycles. The predicted octanol–water partition coefficient (Wildman–Crippen LogP) is 6.15. The van der Waals surface area contributed by atoms with Gasteiger partial charge in [-0.05, 0) is 77.5 Å². The molecule has 5 nitrogen and oxygen atoms in total. The number of aliphatic carboxylic acids is 1. The molecule has 1 heterocycles. The van der Waals surface area contributed by atoms with Crippen molar-refractivity contribution in [2.75, 3.05) is 0 Å². The van der Waals surface area contributed by atoms with Crippen LogP contribution in [-0.4, -0.2) is 27.6 Å². The van der Waals surface area contributed by atoms with Crippen molar-refractivity contribution in [3.63, 3.8) is 0 Å². The first-order chi connectivity index (χ1) is 14.4. The number of aryl methyl sites for hydroxylation is 2. The number of ether oxygens (including phenoxy) is 2. The van der Waals surface area contributed by atoms with Crippen LogP contribution in [0.4, 0.5) is 13.2 Å². The smallest absolute Gasteiger partial charge is 1.00 e.